The molecule has 0 aliphatic heterocycles. The van der Waals surface area contributed by atoms with Crippen LogP contribution in [0.1, 0.15) is 6.42 Å². The van der Waals surface area contributed by atoms with Crippen LogP contribution >= 0.6 is 0 Å². The normalized spacial score (nSPS) is 33.5. The maximum atomic E-state index is 10.2. The van der Waals surface area contributed by atoms with E-state index < -0.39 is 5.54 Å². The molecule has 2 atom stereocenters. The van der Waals surface area contributed by atoms with E-state index in [1.807, 2.05) is 12.2 Å². The number of hydrogen-bond donors (Lipinski definition) is 0. The number of fused-ring (bicyclic) bond motifs is 2. The zero-order valence-corrected chi connectivity index (χ0v) is 6.73. The maximum Gasteiger partial charge on any atom is 0.240 e. The lowest BCUT2D eigenvalue weighted by Crippen LogP contribution is -2.20. The smallest absolute Gasteiger partial charge is 0.211 e. The summed E-state index contributed by atoms with van der Waals surface area (Å²) in [6.45, 7) is 0. The van der Waals surface area contributed by atoms with Gasteiger partial charge in [-0.2, -0.15) is 9.98 Å². The first-order chi connectivity index (χ1) is 6.30. The summed E-state index contributed by atoms with van der Waals surface area (Å²) in [5.41, 5.74) is -0.206. The first-order valence-corrected chi connectivity index (χ1v) is 3.89. The van der Waals surface area contributed by atoms with Gasteiger partial charge in [0.05, 0.1) is 5.70 Å². The fourth-order valence-electron chi connectivity index (χ4n) is 1.83. The van der Waals surface area contributed by atoms with Crippen molar-refractivity contribution < 1.29 is 9.59 Å². The van der Waals surface area contributed by atoms with Gasteiger partial charge in [0.2, 0.25) is 12.2 Å². The predicted molar refractivity (Wildman–Crippen MR) is 44.3 cm³/mol. The highest BCUT2D eigenvalue weighted by atomic mass is 16.1. The van der Waals surface area contributed by atoms with Crippen molar-refractivity contribution in [2.75, 3.05) is 0 Å². The van der Waals surface area contributed by atoms with Crippen LogP contribution in [0, 0.1) is 5.92 Å². The van der Waals surface area contributed by atoms with E-state index in [1.54, 1.807) is 6.08 Å². The summed E-state index contributed by atoms with van der Waals surface area (Å²) in [6, 6.07) is 0. The average molecular weight is 174 g/mol. The highest BCUT2D eigenvalue weighted by molar-refractivity contribution is 5.51. The van der Waals surface area contributed by atoms with Crippen molar-refractivity contribution in [2.24, 2.45) is 15.9 Å². The van der Waals surface area contributed by atoms with Crippen molar-refractivity contribution in [1.29, 1.82) is 0 Å². The Hall–Kier alpha value is -1.76. The zero-order chi connectivity index (χ0) is 9.31. The molecule has 0 amide bonds. The molecule has 64 valence electrons. The molecule has 0 aromatic heterocycles. The van der Waals surface area contributed by atoms with Gasteiger partial charge in [-0.1, -0.05) is 18.2 Å². The van der Waals surface area contributed by atoms with Gasteiger partial charge in [0.1, 0.15) is 5.54 Å². The van der Waals surface area contributed by atoms with Crippen LogP contribution in [0.3, 0.4) is 0 Å². The Morgan fingerprint density at radius 1 is 1.46 bits per heavy atom. The van der Waals surface area contributed by atoms with Crippen LogP contribution in [0.25, 0.3) is 0 Å². The van der Waals surface area contributed by atoms with E-state index in [0.29, 0.717) is 12.1 Å². The van der Waals surface area contributed by atoms with Crippen molar-refractivity contribution in [3.63, 3.8) is 0 Å². The van der Waals surface area contributed by atoms with Crippen molar-refractivity contribution in [1.82, 2.24) is 0 Å². The number of rotatable bonds is 2. The molecule has 2 unspecified atom stereocenters. The molecule has 2 aliphatic rings. The molecular formula is C9H6N2O2. The monoisotopic (exact) mass is 174 g/mol. The van der Waals surface area contributed by atoms with E-state index in [-0.39, 0.29) is 5.92 Å². The van der Waals surface area contributed by atoms with Crippen LogP contribution in [-0.2, 0) is 9.59 Å². The Labute approximate surface area is 74.4 Å². The van der Waals surface area contributed by atoms with Crippen molar-refractivity contribution >= 4 is 12.2 Å². The number of allylic oxidation sites excluding steroid dienone is 2. The first-order valence-electron chi connectivity index (χ1n) is 3.89. The van der Waals surface area contributed by atoms with Gasteiger partial charge in [-0.3, -0.25) is 0 Å². The summed E-state index contributed by atoms with van der Waals surface area (Å²) in [6.07, 6.45) is 9.22. The van der Waals surface area contributed by atoms with Gasteiger partial charge in [-0.15, -0.1) is 0 Å². The van der Waals surface area contributed by atoms with Crippen LogP contribution < -0.4 is 0 Å². The van der Waals surface area contributed by atoms with E-state index in [4.69, 9.17) is 0 Å². The molecular weight excluding hydrogens is 168 g/mol. The molecule has 0 aromatic rings. The van der Waals surface area contributed by atoms with Gasteiger partial charge < -0.3 is 0 Å². The molecule has 0 N–H and O–H groups in total. The van der Waals surface area contributed by atoms with Crippen LogP contribution in [0.5, 0.6) is 0 Å². The standard InChI is InChI=1S/C9H6N2O2/c12-5-10-8-3-7-1-2-9(8,4-7)11-6-13/h1-3,7H,4H2. The number of hydrogen-bond acceptors (Lipinski definition) is 4. The van der Waals surface area contributed by atoms with Crippen LogP contribution in [0.2, 0.25) is 0 Å². The average Bonchev–Trinajstić information content (AvgIpc) is 2.63. The molecule has 4 nitrogen and oxygen atoms in total. The Balaban J connectivity index is 2.46. The van der Waals surface area contributed by atoms with Crippen LogP contribution in [0.15, 0.2) is 33.9 Å². The lowest BCUT2D eigenvalue weighted by atomic mass is 10.0. The van der Waals surface area contributed by atoms with Gasteiger partial charge in [0.15, 0.2) is 0 Å². The second kappa shape index (κ2) is 2.63. The molecule has 13 heavy (non-hydrogen) atoms. The maximum absolute atomic E-state index is 10.2. The lowest BCUT2D eigenvalue weighted by molar-refractivity contribution is 0.540. The molecule has 4 heteroatoms. The minimum absolute atomic E-state index is 0.240. The topological polar surface area (TPSA) is 58.9 Å². The SMILES string of the molecule is O=C=NC1=CC2C=CC1(N=C=O)C2. The van der Waals surface area contributed by atoms with E-state index in [2.05, 4.69) is 9.98 Å². The number of aliphatic imine (C=N–C) groups is 2. The van der Waals surface area contributed by atoms with E-state index in [0.717, 1.165) is 0 Å². The highest BCUT2D eigenvalue weighted by Gasteiger charge is 2.43. The van der Waals surface area contributed by atoms with Crippen LogP contribution in [-0.4, -0.2) is 17.7 Å². The minimum Gasteiger partial charge on any atom is -0.211 e. The summed E-state index contributed by atoms with van der Waals surface area (Å²) in [7, 11) is 0. The molecule has 2 aliphatic carbocycles. The molecule has 0 aromatic carbocycles. The van der Waals surface area contributed by atoms with Gasteiger partial charge in [0.25, 0.3) is 0 Å². The van der Waals surface area contributed by atoms with Crippen molar-refractivity contribution in [2.45, 2.75) is 12.0 Å². The summed E-state index contributed by atoms with van der Waals surface area (Å²) in [5, 5.41) is 0. The second-order valence-electron chi connectivity index (χ2n) is 3.11. The largest absolute Gasteiger partial charge is 0.240 e. The summed E-state index contributed by atoms with van der Waals surface area (Å²) in [4.78, 5) is 27.5. The highest BCUT2D eigenvalue weighted by Crippen LogP contribution is 2.44. The van der Waals surface area contributed by atoms with E-state index in [9.17, 15) is 9.59 Å². The molecule has 2 rings (SSSR count). The zero-order valence-electron chi connectivity index (χ0n) is 6.73. The Bertz CT molecular complexity index is 398. The number of nitrogens with zero attached hydrogens (tertiary/aromatic N) is 2. The van der Waals surface area contributed by atoms with E-state index in [1.165, 1.54) is 12.2 Å². The second-order valence-corrected chi connectivity index (χ2v) is 3.11. The number of carbonyl (C=O) groups excluding carboxylic acids is 2. The summed E-state index contributed by atoms with van der Waals surface area (Å²) >= 11 is 0. The predicted octanol–water partition coefficient (Wildman–Crippen LogP) is 0.870. The van der Waals surface area contributed by atoms with Gasteiger partial charge in [-0.25, -0.2) is 9.59 Å². The third-order valence-electron chi connectivity index (χ3n) is 2.39. The van der Waals surface area contributed by atoms with Gasteiger partial charge in [-0.05, 0) is 6.42 Å². The van der Waals surface area contributed by atoms with Gasteiger partial charge in [0, 0.05) is 5.92 Å². The molecule has 0 radical (unpaired) electrons. The first kappa shape index (κ1) is 7.87. The third-order valence-corrected chi connectivity index (χ3v) is 2.39. The van der Waals surface area contributed by atoms with Crippen molar-refractivity contribution in [3.05, 3.63) is 23.9 Å². The Morgan fingerprint density at radius 2 is 2.31 bits per heavy atom. The molecule has 0 spiro atoms. The molecule has 0 heterocycles. The van der Waals surface area contributed by atoms with Gasteiger partial charge >= 0.3 is 0 Å². The fourth-order valence-corrected chi connectivity index (χ4v) is 1.83. The van der Waals surface area contributed by atoms with Crippen LogP contribution in [0.4, 0.5) is 0 Å². The molecule has 2 bridgehead atoms. The quantitative estimate of drug-likeness (QED) is 0.354. The molecule has 0 saturated carbocycles. The lowest BCUT2D eigenvalue weighted by Gasteiger charge is -2.15. The summed E-state index contributed by atoms with van der Waals surface area (Å²) < 4.78 is 0. The van der Waals surface area contributed by atoms with E-state index >= 15 is 0 Å². The molecule has 0 fully saturated rings. The Kier molecular flexibility index (Phi) is 1.59. The molecule has 0 saturated heterocycles. The Morgan fingerprint density at radius 3 is 2.92 bits per heavy atom. The fraction of sp³-hybridized carbons (Fsp3) is 0.333. The minimum atomic E-state index is -0.718. The third kappa shape index (κ3) is 1.01. The van der Waals surface area contributed by atoms with Crippen molar-refractivity contribution in [3.8, 4) is 0 Å². The number of isocyanates is 2. The summed E-state index contributed by atoms with van der Waals surface area (Å²) in [5.74, 6) is 0.240.